The number of hydrogen-bond donors (Lipinski definition) is 2. The van der Waals surface area contributed by atoms with Crippen LogP contribution < -0.4 is 16.2 Å². The van der Waals surface area contributed by atoms with Crippen molar-refractivity contribution in [3.05, 3.63) is 95.1 Å². The lowest BCUT2D eigenvalue weighted by Gasteiger charge is -2.19. The van der Waals surface area contributed by atoms with Crippen molar-refractivity contribution in [1.29, 1.82) is 0 Å². The highest BCUT2D eigenvalue weighted by molar-refractivity contribution is 5.87. The monoisotopic (exact) mass is 520 g/mol. The van der Waals surface area contributed by atoms with E-state index in [1.807, 2.05) is 6.92 Å². The van der Waals surface area contributed by atoms with Crippen molar-refractivity contribution in [1.82, 2.24) is 0 Å². The van der Waals surface area contributed by atoms with E-state index < -0.39 is 30.2 Å². The third kappa shape index (κ3) is 8.23. The molecule has 0 aliphatic heterocycles. The van der Waals surface area contributed by atoms with Crippen molar-refractivity contribution < 1.29 is 36.2 Å². The molecule has 196 valence electrons. The molecular weight excluding hydrogens is 495 g/mol. The average Bonchev–Trinajstić information content (AvgIpc) is 2.81. The Labute approximate surface area is 210 Å². The van der Waals surface area contributed by atoms with E-state index in [9.17, 15) is 26.7 Å². The van der Waals surface area contributed by atoms with Crippen LogP contribution in [-0.2, 0) is 22.1 Å². The van der Waals surface area contributed by atoms with Crippen molar-refractivity contribution in [2.24, 2.45) is 0 Å². The van der Waals surface area contributed by atoms with Crippen LogP contribution in [0.5, 0.6) is 5.75 Å². The fraction of sp³-hybridized carbons (Fsp3) is 0.222. The summed E-state index contributed by atoms with van der Waals surface area (Å²) in [6.07, 6.45) is -6.75. The summed E-state index contributed by atoms with van der Waals surface area (Å²) in [6.45, 7) is 1.95. The predicted molar refractivity (Wildman–Crippen MR) is 131 cm³/mol. The van der Waals surface area contributed by atoms with Crippen LogP contribution in [0.15, 0.2) is 72.8 Å². The summed E-state index contributed by atoms with van der Waals surface area (Å²) in [4.78, 5) is 12.1. The summed E-state index contributed by atoms with van der Waals surface area (Å²) in [6, 6.07) is 14.3. The van der Waals surface area contributed by atoms with Gasteiger partial charge in [0, 0.05) is 23.4 Å². The number of nitrogens with two attached hydrogens (primary N) is 2. The summed E-state index contributed by atoms with van der Waals surface area (Å²) in [7, 11) is 0. The topological polar surface area (TPSA) is 87.6 Å². The van der Waals surface area contributed by atoms with Crippen molar-refractivity contribution in [2.75, 3.05) is 18.1 Å². The minimum absolute atomic E-state index is 0.0936. The summed E-state index contributed by atoms with van der Waals surface area (Å²) in [5.74, 6) is -0.919. The fourth-order valence-corrected chi connectivity index (χ4v) is 3.45. The Bertz CT molecular complexity index is 1240. The lowest BCUT2D eigenvalue weighted by molar-refractivity contribution is -0.185. The molecule has 0 aliphatic rings. The molecule has 37 heavy (non-hydrogen) atoms. The number of carbonyl (C=O) groups is 1. The van der Waals surface area contributed by atoms with E-state index in [1.54, 1.807) is 18.2 Å². The number of benzene rings is 3. The number of hydrogen-bond acceptors (Lipinski definition) is 5. The SMILES string of the molecule is CC(COC(=O)/C=C/c1ccc(OC(F)(F)c2ccc(CC(F)(F)F)cc2)cc1)c1ccc(N)cc1N. The Kier molecular flexibility index (Phi) is 8.42. The predicted octanol–water partition coefficient (Wildman–Crippen LogP) is 6.44. The van der Waals surface area contributed by atoms with Gasteiger partial charge in [0.05, 0.1) is 18.6 Å². The minimum atomic E-state index is -4.43. The van der Waals surface area contributed by atoms with Crippen LogP contribution in [0.4, 0.5) is 33.3 Å². The average molecular weight is 520 g/mol. The van der Waals surface area contributed by atoms with Crippen LogP contribution >= 0.6 is 0 Å². The van der Waals surface area contributed by atoms with Gasteiger partial charge in [-0.1, -0.05) is 37.3 Å². The largest absolute Gasteiger partial charge is 0.462 e. The molecule has 5 nitrogen and oxygen atoms in total. The van der Waals surface area contributed by atoms with Gasteiger partial charge in [-0.25, -0.2) is 4.79 Å². The van der Waals surface area contributed by atoms with Gasteiger partial charge in [0.15, 0.2) is 0 Å². The molecule has 0 spiro atoms. The number of nitrogen functional groups attached to an aromatic ring is 2. The fourth-order valence-electron chi connectivity index (χ4n) is 3.45. The molecule has 1 unspecified atom stereocenters. The number of halogens is 5. The smallest absolute Gasteiger partial charge is 0.426 e. The molecule has 3 rings (SSSR count). The second-order valence-corrected chi connectivity index (χ2v) is 8.43. The quantitative estimate of drug-likeness (QED) is 0.147. The molecule has 3 aromatic rings. The van der Waals surface area contributed by atoms with Crippen LogP contribution in [0.3, 0.4) is 0 Å². The van der Waals surface area contributed by atoms with Crippen LogP contribution in [-0.4, -0.2) is 18.8 Å². The Hall–Kier alpha value is -4.08. The Balaban J connectivity index is 1.53. The van der Waals surface area contributed by atoms with Gasteiger partial charge in [0.2, 0.25) is 0 Å². The van der Waals surface area contributed by atoms with E-state index in [-0.39, 0.29) is 23.8 Å². The molecule has 3 aromatic carbocycles. The van der Waals surface area contributed by atoms with Crippen LogP contribution in [0.1, 0.15) is 35.1 Å². The first-order valence-corrected chi connectivity index (χ1v) is 11.2. The molecular formula is C27H25F5N2O3. The van der Waals surface area contributed by atoms with Gasteiger partial charge in [-0.2, -0.15) is 22.0 Å². The molecule has 0 saturated carbocycles. The number of esters is 1. The van der Waals surface area contributed by atoms with E-state index in [0.717, 1.165) is 29.8 Å². The van der Waals surface area contributed by atoms with E-state index >= 15 is 0 Å². The van der Waals surface area contributed by atoms with Gasteiger partial charge in [-0.15, -0.1) is 0 Å². The Morgan fingerprint density at radius 3 is 2.19 bits per heavy atom. The molecule has 0 heterocycles. The zero-order valence-electron chi connectivity index (χ0n) is 19.8. The maximum Gasteiger partial charge on any atom is 0.426 e. The van der Waals surface area contributed by atoms with Gasteiger partial charge in [0.1, 0.15) is 5.75 Å². The van der Waals surface area contributed by atoms with Gasteiger partial charge in [0.25, 0.3) is 0 Å². The number of carbonyl (C=O) groups excluding carboxylic acids is 1. The summed E-state index contributed by atoms with van der Waals surface area (Å²) >= 11 is 0. The molecule has 0 bridgehead atoms. The lowest BCUT2D eigenvalue weighted by atomic mass is 10.00. The van der Waals surface area contributed by atoms with Crippen molar-refractivity contribution in [2.45, 2.75) is 31.5 Å². The molecule has 0 aliphatic carbocycles. The third-order valence-electron chi connectivity index (χ3n) is 5.35. The summed E-state index contributed by atoms with van der Waals surface area (Å²) in [5.41, 5.74) is 13.3. The Morgan fingerprint density at radius 2 is 1.59 bits per heavy atom. The molecule has 0 saturated heterocycles. The van der Waals surface area contributed by atoms with Crippen LogP contribution in [0.25, 0.3) is 6.08 Å². The normalized spacial score (nSPS) is 12.9. The standard InChI is InChI=1S/C27H25F5N2O3/c1-17(23-12-9-21(33)14-24(23)34)16-36-25(35)13-6-18-4-10-22(11-5-18)37-27(31,32)20-7-2-19(3-8-20)15-26(28,29)30/h2-14,17H,15-16,33-34H2,1H3/b13-6+. The minimum Gasteiger partial charge on any atom is -0.462 e. The highest BCUT2D eigenvalue weighted by Crippen LogP contribution is 2.32. The number of anilines is 2. The summed E-state index contributed by atoms with van der Waals surface area (Å²) in [5, 5.41) is 0. The van der Waals surface area contributed by atoms with Gasteiger partial charge >= 0.3 is 18.3 Å². The number of rotatable bonds is 9. The van der Waals surface area contributed by atoms with E-state index in [0.29, 0.717) is 16.9 Å². The molecule has 0 radical (unpaired) electrons. The second-order valence-electron chi connectivity index (χ2n) is 8.43. The van der Waals surface area contributed by atoms with E-state index in [1.165, 1.54) is 36.4 Å². The molecule has 0 fully saturated rings. The Morgan fingerprint density at radius 1 is 0.946 bits per heavy atom. The van der Waals surface area contributed by atoms with Crippen molar-refractivity contribution in [3.63, 3.8) is 0 Å². The first-order valence-electron chi connectivity index (χ1n) is 11.2. The first-order chi connectivity index (χ1) is 17.3. The molecule has 0 amide bonds. The number of alkyl halides is 5. The first kappa shape index (κ1) is 27.5. The molecule has 4 N–H and O–H groups in total. The highest BCUT2D eigenvalue weighted by atomic mass is 19.4. The van der Waals surface area contributed by atoms with Gasteiger partial charge in [-0.05, 0) is 59.2 Å². The third-order valence-corrected chi connectivity index (χ3v) is 5.35. The molecule has 1 atom stereocenters. The van der Waals surface area contributed by atoms with Crippen molar-refractivity contribution >= 4 is 23.4 Å². The number of ether oxygens (including phenoxy) is 2. The lowest BCUT2D eigenvalue weighted by Crippen LogP contribution is -2.22. The zero-order valence-corrected chi connectivity index (χ0v) is 19.8. The van der Waals surface area contributed by atoms with Gasteiger partial charge in [-0.3, -0.25) is 0 Å². The van der Waals surface area contributed by atoms with Crippen LogP contribution in [0, 0.1) is 0 Å². The van der Waals surface area contributed by atoms with E-state index in [4.69, 9.17) is 20.9 Å². The van der Waals surface area contributed by atoms with Crippen LogP contribution in [0.2, 0.25) is 0 Å². The van der Waals surface area contributed by atoms with E-state index in [2.05, 4.69) is 0 Å². The second kappa shape index (κ2) is 11.3. The van der Waals surface area contributed by atoms with Gasteiger partial charge < -0.3 is 20.9 Å². The zero-order chi connectivity index (χ0) is 27.2. The highest BCUT2D eigenvalue weighted by Gasteiger charge is 2.35. The summed E-state index contributed by atoms with van der Waals surface area (Å²) < 4.78 is 76.2. The maximum absolute atomic E-state index is 14.4. The van der Waals surface area contributed by atoms with Crippen molar-refractivity contribution in [3.8, 4) is 5.75 Å². The maximum atomic E-state index is 14.4. The molecule has 10 heteroatoms. The molecule has 0 aromatic heterocycles.